The second-order valence-electron chi connectivity index (χ2n) is 10.6. The van der Waals surface area contributed by atoms with E-state index in [2.05, 4.69) is 79.7 Å². The van der Waals surface area contributed by atoms with Gasteiger partial charge < -0.3 is 0 Å². The molecule has 8 heteroatoms. The average molecular weight is 679 g/mol. The number of fused-ring (bicyclic) bond motifs is 2. The molecule has 6 heterocycles. The quantitative estimate of drug-likeness (QED) is 0.170. The molecule has 0 unspecified atom stereocenters. The summed E-state index contributed by atoms with van der Waals surface area (Å²) in [4.78, 5) is 38.2. The Kier molecular flexibility index (Phi) is 7.24. The van der Waals surface area contributed by atoms with Gasteiger partial charge in [0.1, 0.15) is 0 Å². The van der Waals surface area contributed by atoms with Gasteiger partial charge in [0.2, 0.25) is 10.2 Å². The molecule has 2 nitrogen and oxygen atoms in total. The molecule has 8 rings (SSSR count). The highest BCUT2D eigenvalue weighted by molar-refractivity contribution is 8.16. The predicted octanol–water partition coefficient (Wildman–Crippen LogP) is 11.9. The van der Waals surface area contributed by atoms with Crippen LogP contribution in [0.4, 0.5) is 0 Å². The third kappa shape index (κ3) is 5.13. The first-order chi connectivity index (χ1) is 21.4. The Morgan fingerprint density at radius 3 is 1.66 bits per heavy atom. The number of rotatable bonds is 5. The number of hydrogen-bond acceptors (Lipinski definition) is 8. The first-order valence-corrected chi connectivity index (χ1v) is 18.8. The van der Waals surface area contributed by atoms with Crippen LogP contribution in [0.2, 0.25) is 0 Å². The van der Waals surface area contributed by atoms with E-state index in [0.29, 0.717) is 11.1 Å². The lowest BCUT2D eigenvalue weighted by Gasteiger charge is -2.06. The molecule has 0 bridgehead atoms. The van der Waals surface area contributed by atoms with Crippen molar-refractivity contribution in [3.05, 3.63) is 116 Å². The molecule has 0 amide bonds. The molecule has 6 aromatic rings. The molecule has 2 aliphatic heterocycles. The van der Waals surface area contributed by atoms with Crippen molar-refractivity contribution in [2.24, 2.45) is 0 Å². The number of benzene rings is 2. The van der Waals surface area contributed by atoms with E-state index in [4.69, 9.17) is 0 Å². The summed E-state index contributed by atoms with van der Waals surface area (Å²) in [5.41, 5.74) is 5.01. The van der Waals surface area contributed by atoms with Crippen molar-refractivity contribution in [2.45, 2.75) is 23.6 Å². The van der Waals surface area contributed by atoms with Crippen LogP contribution in [0.3, 0.4) is 0 Å². The minimum atomic E-state index is -0.0547. The molecule has 2 aliphatic rings. The van der Waals surface area contributed by atoms with E-state index in [9.17, 15) is 9.59 Å². The van der Waals surface area contributed by atoms with Crippen molar-refractivity contribution in [2.75, 3.05) is 0 Å². The van der Waals surface area contributed by atoms with Gasteiger partial charge in [-0.25, -0.2) is 0 Å². The van der Waals surface area contributed by atoms with Gasteiger partial charge in [-0.3, -0.25) is 9.59 Å². The molecule has 0 fully saturated rings. The topological polar surface area (TPSA) is 34.1 Å². The Bertz CT molecular complexity index is 2200. The van der Waals surface area contributed by atoms with E-state index in [0.717, 1.165) is 36.9 Å². The maximum atomic E-state index is 13.2. The highest BCUT2D eigenvalue weighted by Crippen LogP contribution is 2.51. The van der Waals surface area contributed by atoms with Gasteiger partial charge in [0, 0.05) is 71.1 Å². The Hall–Kier alpha value is -3.24. The second-order valence-corrected chi connectivity index (χ2v) is 17.2. The van der Waals surface area contributed by atoms with Crippen LogP contribution >= 0.6 is 68.9 Å². The lowest BCUT2D eigenvalue weighted by atomic mass is 9.95. The minimum absolute atomic E-state index is 0.0480. The molecule has 0 saturated heterocycles. The first-order valence-electron chi connectivity index (χ1n) is 13.9. The van der Waals surface area contributed by atoms with E-state index >= 15 is 0 Å². The Labute approximate surface area is 279 Å². The second kappa shape index (κ2) is 11.3. The molecule has 2 aromatic carbocycles. The predicted molar refractivity (Wildman–Crippen MR) is 194 cm³/mol. The molecular formula is C36H22O2S6. The van der Waals surface area contributed by atoms with E-state index in [1.54, 1.807) is 22.7 Å². The van der Waals surface area contributed by atoms with Crippen LogP contribution in [0.1, 0.15) is 31.3 Å². The first kappa shape index (κ1) is 28.2. The van der Waals surface area contributed by atoms with E-state index in [1.807, 2.05) is 53.9 Å². The molecule has 0 spiro atoms. The van der Waals surface area contributed by atoms with Gasteiger partial charge in [0.25, 0.3) is 0 Å². The van der Waals surface area contributed by atoms with Crippen molar-refractivity contribution in [1.29, 1.82) is 0 Å². The summed E-state index contributed by atoms with van der Waals surface area (Å²) >= 11 is 9.66. The highest BCUT2D eigenvalue weighted by Gasteiger charge is 2.36. The van der Waals surface area contributed by atoms with Crippen molar-refractivity contribution >= 4 is 102 Å². The largest absolute Gasteiger partial charge is 0.281 e. The number of aryl methyl sites for hydroxylation is 2. The summed E-state index contributed by atoms with van der Waals surface area (Å²) in [7, 11) is 0. The monoisotopic (exact) mass is 678 g/mol. The number of carbonyl (C=O) groups is 2. The average Bonchev–Trinajstić information content (AvgIpc) is 3.84. The molecule has 214 valence electrons. The fourth-order valence-electron chi connectivity index (χ4n) is 5.39. The standard InChI is InChI=1S/C36H22O2S6/c1-19-3-10-24-31(17-19)43-35(37)33(24)34-25-11-5-21(18-32(25)44-36(34)38)26-15-16-30(42-26)29-14-9-23(41-29)7-6-22-8-13-28(40-22)27-12-4-20(2)39-27/h3-18H,1-2H3/b7-6+,34-33+. The highest BCUT2D eigenvalue weighted by atomic mass is 32.2. The Morgan fingerprint density at radius 1 is 0.500 bits per heavy atom. The van der Waals surface area contributed by atoms with Crippen molar-refractivity contribution in [3.8, 4) is 29.9 Å². The molecule has 0 saturated carbocycles. The van der Waals surface area contributed by atoms with Gasteiger partial charge in [-0.05, 0) is 121 Å². The normalized spacial score (nSPS) is 16.0. The molecule has 0 radical (unpaired) electrons. The summed E-state index contributed by atoms with van der Waals surface area (Å²) in [6.45, 7) is 4.16. The zero-order valence-electron chi connectivity index (χ0n) is 23.5. The summed E-state index contributed by atoms with van der Waals surface area (Å²) in [6, 6.07) is 29.7. The van der Waals surface area contributed by atoms with Crippen LogP contribution in [0.25, 0.3) is 53.2 Å². The van der Waals surface area contributed by atoms with Gasteiger partial charge in [-0.2, -0.15) is 0 Å². The fourth-order valence-corrected chi connectivity index (χ4v) is 11.3. The van der Waals surface area contributed by atoms with Gasteiger partial charge in [0.15, 0.2) is 0 Å². The molecule has 44 heavy (non-hydrogen) atoms. The van der Waals surface area contributed by atoms with Gasteiger partial charge in [-0.1, -0.05) is 24.3 Å². The smallest absolute Gasteiger partial charge is 0.225 e. The SMILES string of the molecule is Cc1ccc2c(c1)SC(=O)/C2=C1/C(=O)Sc2cc(-c3ccc(-c4ccc(/C=C/c5ccc(-c6ccc(C)s6)s5)s4)s3)ccc21. The maximum Gasteiger partial charge on any atom is 0.225 e. The number of thiophene rings is 4. The van der Waals surface area contributed by atoms with Crippen molar-refractivity contribution in [1.82, 2.24) is 0 Å². The zero-order chi connectivity index (χ0) is 29.9. The molecule has 4 aromatic heterocycles. The van der Waals surface area contributed by atoms with Crippen LogP contribution in [0, 0.1) is 13.8 Å². The lowest BCUT2D eigenvalue weighted by molar-refractivity contribution is -0.107. The third-order valence-corrected chi connectivity index (χ3v) is 14.0. The maximum absolute atomic E-state index is 13.2. The van der Waals surface area contributed by atoms with Crippen molar-refractivity contribution in [3.63, 3.8) is 0 Å². The zero-order valence-corrected chi connectivity index (χ0v) is 28.4. The van der Waals surface area contributed by atoms with Crippen LogP contribution in [0.15, 0.2) is 94.7 Å². The van der Waals surface area contributed by atoms with E-state index in [1.165, 1.54) is 57.7 Å². The van der Waals surface area contributed by atoms with Crippen molar-refractivity contribution < 1.29 is 9.59 Å². The van der Waals surface area contributed by atoms with Crippen LogP contribution in [-0.2, 0) is 9.59 Å². The summed E-state index contributed by atoms with van der Waals surface area (Å²) in [5.74, 6) is 0. The number of hydrogen-bond donors (Lipinski definition) is 0. The summed E-state index contributed by atoms with van der Waals surface area (Å²) in [5, 5.41) is -0.103. The van der Waals surface area contributed by atoms with Gasteiger partial charge in [-0.15, -0.1) is 45.3 Å². The van der Waals surface area contributed by atoms with E-state index < -0.39 is 0 Å². The van der Waals surface area contributed by atoms with Crippen LogP contribution in [0.5, 0.6) is 0 Å². The van der Waals surface area contributed by atoms with Crippen LogP contribution in [-0.4, -0.2) is 10.2 Å². The fraction of sp³-hybridized carbons (Fsp3) is 0.0556. The summed E-state index contributed by atoms with van der Waals surface area (Å²) in [6.07, 6.45) is 4.40. The summed E-state index contributed by atoms with van der Waals surface area (Å²) < 4.78 is 0. The molecule has 0 aliphatic carbocycles. The minimum Gasteiger partial charge on any atom is -0.281 e. The lowest BCUT2D eigenvalue weighted by Crippen LogP contribution is -1.99. The van der Waals surface area contributed by atoms with E-state index in [-0.39, 0.29) is 10.2 Å². The van der Waals surface area contributed by atoms with Gasteiger partial charge >= 0.3 is 0 Å². The number of carbonyl (C=O) groups excluding carboxylic acids is 2. The molecule has 0 atom stereocenters. The Morgan fingerprint density at radius 2 is 1.02 bits per heavy atom. The molecular weight excluding hydrogens is 657 g/mol. The van der Waals surface area contributed by atoms with Crippen LogP contribution < -0.4 is 0 Å². The Balaban J connectivity index is 1.03. The number of thioether (sulfide) groups is 2. The molecule has 0 N–H and O–H groups in total. The third-order valence-electron chi connectivity index (χ3n) is 7.50. The van der Waals surface area contributed by atoms with Gasteiger partial charge in [0.05, 0.1) is 0 Å².